The highest BCUT2D eigenvalue weighted by Gasteiger charge is 2.24. The van der Waals surface area contributed by atoms with E-state index in [1.807, 2.05) is 0 Å². The summed E-state index contributed by atoms with van der Waals surface area (Å²) in [4.78, 5) is 6.35. The molecule has 0 aromatic carbocycles. The highest BCUT2D eigenvalue weighted by Crippen LogP contribution is 2.22. The zero-order valence-corrected chi connectivity index (χ0v) is 8.68. The third kappa shape index (κ3) is 1.92. The fourth-order valence-corrected chi connectivity index (χ4v) is 1.85. The summed E-state index contributed by atoms with van der Waals surface area (Å²) in [5.74, 6) is 0.777. The van der Waals surface area contributed by atoms with Gasteiger partial charge in [-0.15, -0.1) is 0 Å². The van der Waals surface area contributed by atoms with Gasteiger partial charge in [0.05, 0.1) is 11.7 Å². The average molecular weight is 203 g/mol. The molecule has 4 heteroatoms. The van der Waals surface area contributed by atoms with Crippen LogP contribution in [0.3, 0.4) is 0 Å². The second kappa shape index (κ2) is 4.28. The highest BCUT2D eigenvalue weighted by molar-refractivity contribution is 5.54. The van der Waals surface area contributed by atoms with Crippen molar-refractivity contribution < 1.29 is 4.74 Å². The molecule has 0 saturated carbocycles. The summed E-state index contributed by atoms with van der Waals surface area (Å²) in [6.07, 6.45) is 2.98. The molecule has 4 nitrogen and oxygen atoms in total. The molecule has 0 amide bonds. The van der Waals surface area contributed by atoms with Crippen LogP contribution in [0.1, 0.15) is 12.0 Å². The molecule has 2 rings (SSSR count). The number of methoxy groups -OCH3 is 1. The molecule has 1 atom stereocenters. The van der Waals surface area contributed by atoms with Crippen molar-refractivity contribution in [2.24, 2.45) is 0 Å². The Morgan fingerprint density at radius 2 is 2.53 bits per heavy atom. The van der Waals surface area contributed by atoms with Crippen LogP contribution in [-0.4, -0.2) is 31.3 Å². The number of rotatable bonds is 2. The van der Waals surface area contributed by atoms with E-state index in [2.05, 4.69) is 16.0 Å². The molecule has 1 unspecified atom stereocenters. The van der Waals surface area contributed by atoms with Crippen molar-refractivity contribution in [3.63, 3.8) is 0 Å². The smallest absolute Gasteiger partial charge is 0.146 e. The molecule has 1 saturated heterocycles. The molecule has 1 aromatic heterocycles. The van der Waals surface area contributed by atoms with Gasteiger partial charge in [-0.3, -0.25) is 0 Å². The van der Waals surface area contributed by atoms with Crippen molar-refractivity contribution in [3.05, 3.63) is 23.9 Å². The number of aromatic nitrogens is 1. The number of nitriles is 1. The SMILES string of the molecule is COC1CCN(c2ncccc2C#N)C1. The summed E-state index contributed by atoms with van der Waals surface area (Å²) < 4.78 is 5.28. The lowest BCUT2D eigenvalue weighted by Crippen LogP contribution is -2.23. The van der Waals surface area contributed by atoms with Crippen LogP contribution in [0.5, 0.6) is 0 Å². The maximum atomic E-state index is 8.95. The molecule has 78 valence electrons. The Labute approximate surface area is 89.1 Å². The molecule has 0 N–H and O–H groups in total. The van der Waals surface area contributed by atoms with Gasteiger partial charge in [-0.1, -0.05) is 0 Å². The second-order valence-electron chi connectivity index (χ2n) is 3.58. The van der Waals surface area contributed by atoms with Crippen LogP contribution in [0, 0.1) is 11.3 Å². The number of hydrogen-bond acceptors (Lipinski definition) is 4. The fraction of sp³-hybridized carbons (Fsp3) is 0.455. The number of pyridine rings is 1. The zero-order chi connectivity index (χ0) is 10.7. The normalized spacial score (nSPS) is 20.3. The van der Waals surface area contributed by atoms with Crippen LogP contribution in [0.2, 0.25) is 0 Å². The van der Waals surface area contributed by atoms with E-state index in [0.29, 0.717) is 5.56 Å². The quantitative estimate of drug-likeness (QED) is 0.724. The van der Waals surface area contributed by atoms with E-state index in [0.717, 1.165) is 25.3 Å². The summed E-state index contributed by atoms with van der Waals surface area (Å²) in [6.45, 7) is 1.73. The topological polar surface area (TPSA) is 49.1 Å². The predicted octanol–water partition coefficient (Wildman–Crippen LogP) is 1.18. The Hall–Kier alpha value is -1.60. The lowest BCUT2D eigenvalue weighted by atomic mass is 10.2. The van der Waals surface area contributed by atoms with E-state index in [1.165, 1.54) is 0 Å². The van der Waals surface area contributed by atoms with E-state index in [-0.39, 0.29) is 6.10 Å². The van der Waals surface area contributed by atoms with Crippen LogP contribution in [-0.2, 0) is 4.74 Å². The van der Waals surface area contributed by atoms with Gasteiger partial charge in [0.1, 0.15) is 11.9 Å². The van der Waals surface area contributed by atoms with Crippen molar-refractivity contribution in [1.29, 1.82) is 5.26 Å². The summed E-state index contributed by atoms with van der Waals surface area (Å²) in [7, 11) is 1.72. The van der Waals surface area contributed by atoms with Gasteiger partial charge in [0.25, 0.3) is 0 Å². The van der Waals surface area contributed by atoms with Crippen LogP contribution < -0.4 is 4.90 Å². The van der Waals surface area contributed by atoms with Gasteiger partial charge in [-0.05, 0) is 18.6 Å². The highest BCUT2D eigenvalue weighted by atomic mass is 16.5. The Kier molecular flexibility index (Phi) is 2.84. The van der Waals surface area contributed by atoms with Crippen LogP contribution in [0.15, 0.2) is 18.3 Å². The summed E-state index contributed by atoms with van der Waals surface area (Å²) in [6, 6.07) is 5.74. The first-order valence-corrected chi connectivity index (χ1v) is 4.98. The van der Waals surface area contributed by atoms with Crippen LogP contribution in [0.4, 0.5) is 5.82 Å². The maximum absolute atomic E-state index is 8.95. The van der Waals surface area contributed by atoms with Gasteiger partial charge in [0.15, 0.2) is 0 Å². The third-order valence-electron chi connectivity index (χ3n) is 2.69. The van der Waals surface area contributed by atoms with Gasteiger partial charge in [-0.25, -0.2) is 4.98 Å². The number of anilines is 1. The largest absolute Gasteiger partial charge is 0.380 e. The molecular formula is C11H13N3O. The molecule has 0 spiro atoms. The van der Waals surface area contributed by atoms with Gasteiger partial charge in [0.2, 0.25) is 0 Å². The Balaban J connectivity index is 2.20. The van der Waals surface area contributed by atoms with Gasteiger partial charge in [-0.2, -0.15) is 5.26 Å². The minimum atomic E-state index is 0.263. The average Bonchev–Trinajstić information content (AvgIpc) is 2.77. The minimum absolute atomic E-state index is 0.263. The number of nitrogens with zero attached hydrogens (tertiary/aromatic N) is 3. The van der Waals surface area contributed by atoms with E-state index in [4.69, 9.17) is 10.00 Å². The van der Waals surface area contributed by atoms with Crippen molar-refractivity contribution in [3.8, 4) is 6.07 Å². The van der Waals surface area contributed by atoms with Gasteiger partial charge < -0.3 is 9.64 Å². The lowest BCUT2D eigenvalue weighted by molar-refractivity contribution is 0.121. The number of ether oxygens (including phenoxy) is 1. The molecule has 0 aliphatic carbocycles. The second-order valence-corrected chi connectivity index (χ2v) is 3.58. The van der Waals surface area contributed by atoms with Crippen molar-refractivity contribution >= 4 is 5.82 Å². The first kappa shape index (κ1) is 9.94. The Morgan fingerprint density at radius 3 is 3.20 bits per heavy atom. The minimum Gasteiger partial charge on any atom is -0.380 e. The van der Waals surface area contributed by atoms with E-state index < -0.39 is 0 Å². The Bertz CT molecular complexity index is 386. The summed E-state index contributed by atoms with van der Waals surface area (Å²) >= 11 is 0. The van der Waals surface area contributed by atoms with Gasteiger partial charge in [0, 0.05) is 26.4 Å². The van der Waals surface area contributed by atoms with Crippen LogP contribution >= 0.6 is 0 Å². The van der Waals surface area contributed by atoms with Crippen molar-refractivity contribution in [2.45, 2.75) is 12.5 Å². The van der Waals surface area contributed by atoms with E-state index in [1.54, 1.807) is 25.4 Å². The van der Waals surface area contributed by atoms with Crippen LogP contribution in [0.25, 0.3) is 0 Å². The molecule has 1 fully saturated rings. The molecule has 0 radical (unpaired) electrons. The standard InChI is InChI=1S/C11H13N3O/c1-15-10-4-6-14(8-10)11-9(7-12)3-2-5-13-11/h2-3,5,10H,4,6,8H2,1H3. The molecule has 1 aromatic rings. The fourth-order valence-electron chi connectivity index (χ4n) is 1.85. The molecule has 15 heavy (non-hydrogen) atoms. The Morgan fingerprint density at radius 1 is 1.67 bits per heavy atom. The predicted molar refractivity (Wildman–Crippen MR) is 56.6 cm³/mol. The van der Waals surface area contributed by atoms with Gasteiger partial charge >= 0.3 is 0 Å². The van der Waals surface area contributed by atoms with E-state index in [9.17, 15) is 0 Å². The monoisotopic (exact) mass is 203 g/mol. The number of hydrogen-bond donors (Lipinski definition) is 0. The van der Waals surface area contributed by atoms with Crippen molar-refractivity contribution in [1.82, 2.24) is 4.98 Å². The molecule has 0 bridgehead atoms. The molecular weight excluding hydrogens is 190 g/mol. The third-order valence-corrected chi connectivity index (χ3v) is 2.69. The maximum Gasteiger partial charge on any atom is 0.146 e. The zero-order valence-electron chi connectivity index (χ0n) is 8.68. The van der Waals surface area contributed by atoms with E-state index >= 15 is 0 Å². The molecule has 2 heterocycles. The summed E-state index contributed by atoms with van der Waals surface area (Å²) in [5.41, 5.74) is 0.634. The van der Waals surface area contributed by atoms with Crippen molar-refractivity contribution in [2.75, 3.05) is 25.1 Å². The molecule has 1 aliphatic rings. The molecule has 1 aliphatic heterocycles. The lowest BCUT2D eigenvalue weighted by Gasteiger charge is -2.17. The first-order chi connectivity index (χ1) is 7.35. The first-order valence-electron chi connectivity index (χ1n) is 4.98. The summed E-state index contributed by atoms with van der Waals surface area (Å²) in [5, 5.41) is 8.95.